The summed E-state index contributed by atoms with van der Waals surface area (Å²) in [7, 11) is 0. The molecule has 0 saturated heterocycles. The lowest BCUT2D eigenvalue weighted by Gasteiger charge is -2.08. The summed E-state index contributed by atoms with van der Waals surface area (Å²) in [4.78, 5) is 11.0. The molecule has 5 rings (SSSR count). The van der Waals surface area contributed by atoms with Gasteiger partial charge >= 0.3 is 5.97 Å². The van der Waals surface area contributed by atoms with E-state index in [9.17, 15) is 4.79 Å². The van der Waals surface area contributed by atoms with Gasteiger partial charge in [-0.25, -0.2) is 4.79 Å². The number of benzene rings is 4. The number of aromatic nitrogens is 1. The van der Waals surface area contributed by atoms with Crippen LogP contribution in [0, 0.1) is 11.3 Å². The fourth-order valence-corrected chi connectivity index (χ4v) is 4.14. The van der Waals surface area contributed by atoms with Crippen molar-refractivity contribution >= 4 is 46.0 Å². The third-order valence-electron chi connectivity index (χ3n) is 5.80. The first-order valence-electron chi connectivity index (χ1n) is 10.9. The smallest absolute Gasteiger partial charge is 0.346 e. The van der Waals surface area contributed by atoms with Crippen molar-refractivity contribution < 1.29 is 9.90 Å². The molecule has 0 spiro atoms. The molecule has 0 atom stereocenters. The molecule has 0 aliphatic heterocycles. The maximum Gasteiger partial charge on any atom is 0.346 e. The molecule has 4 aromatic carbocycles. The van der Waals surface area contributed by atoms with Crippen molar-refractivity contribution in [3.63, 3.8) is 0 Å². The minimum absolute atomic E-state index is 0.286. The molecule has 0 radical (unpaired) electrons. The van der Waals surface area contributed by atoms with Gasteiger partial charge in [-0.05, 0) is 47.0 Å². The average Bonchev–Trinajstić information content (AvgIpc) is 3.21. The van der Waals surface area contributed by atoms with E-state index < -0.39 is 5.97 Å². The highest BCUT2D eigenvalue weighted by atomic mass is 16.4. The Hall–Kier alpha value is -4.88. The quantitative estimate of drug-likeness (QED) is 0.183. The Morgan fingerprint density at radius 1 is 0.706 bits per heavy atom. The summed E-state index contributed by atoms with van der Waals surface area (Å²) in [5, 5.41) is 20.4. The van der Waals surface area contributed by atoms with E-state index in [0.717, 1.165) is 16.8 Å². The molecule has 1 N–H and O–H groups in total. The standard InChI is InChI=1S/C30H20N2O2/c31-20-24(30(33)34)19-23-13-11-21(12-14-23)9-10-22-15-17-25(18-16-22)32-28-7-3-1-5-26(28)27-6-2-4-8-29(27)32/h1-19H,(H,33,34)/b10-9+,24-19?. The van der Waals surface area contributed by atoms with Gasteiger partial charge in [-0.1, -0.05) is 84.9 Å². The fourth-order valence-electron chi connectivity index (χ4n) is 4.14. The molecule has 4 nitrogen and oxygen atoms in total. The lowest BCUT2D eigenvalue weighted by atomic mass is 10.1. The second-order valence-corrected chi connectivity index (χ2v) is 7.94. The second-order valence-electron chi connectivity index (χ2n) is 7.94. The molecule has 5 aromatic rings. The zero-order valence-corrected chi connectivity index (χ0v) is 18.2. The maximum absolute atomic E-state index is 11.0. The van der Waals surface area contributed by atoms with Gasteiger partial charge in [0, 0.05) is 16.5 Å². The van der Waals surface area contributed by atoms with E-state index in [1.807, 2.05) is 24.3 Å². The van der Waals surface area contributed by atoms with Gasteiger partial charge < -0.3 is 9.67 Å². The molecule has 0 bridgehead atoms. The van der Waals surface area contributed by atoms with Crippen LogP contribution in [0.25, 0.3) is 45.7 Å². The number of hydrogen-bond donors (Lipinski definition) is 1. The van der Waals surface area contributed by atoms with Crippen LogP contribution in [-0.4, -0.2) is 15.6 Å². The zero-order valence-electron chi connectivity index (χ0n) is 18.2. The van der Waals surface area contributed by atoms with Crippen molar-refractivity contribution in [2.24, 2.45) is 0 Å². The number of fused-ring (bicyclic) bond motifs is 3. The largest absolute Gasteiger partial charge is 0.477 e. The van der Waals surface area contributed by atoms with E-state index in [2.05, 4.69) is 77.4 Å². The number of nitriles is 1. The van der Waals surface area contributed by atoms with Crippen molar-refractivity contribution in [2.75, 3.05) is 0 Å². The van der Waals surface area contributed by atoms with Gasteiger partial charge in [0.1, 0.15) is 11.6 Å². The molecule has 162 valence electrons. The number of carboxylic acid groups (broad SMARTS) is 1. The molecule has 0 fully saturated rings. The van der Waals surface area contributed by atoms with Crippen molar-refractivity contribution in [1.82, 2.24) is 4.57 Å². The van der Waals surface area contributed by atoms with Gasteiger partial charge in [0.2, 0.25) is 0 Å². The first-order valence-corrected chi connectivity index (χ1v) is 10.9. The highest BCUT2D eigenvalue weighted by Crippen LogP contribution is 2.31. The van der Waals surface area contributed by atoms with Crippen molar-refractivity contribution in [3.05, 3.63) is 119 Å². The van der Waals surface area contributed by atoms with E-state index in [0.29, 0.717) is 5.56 Å². The predicted molar refractivity (Wildman–Crippen MR) is 137 cm³/mol. The van der Waals surface area contributed by atoms with Gasteiger partial charge in [0.15, 0.2) is 0 Å². The number of aliphatic carboxylic acids is 1. The predicted octanol–water partition coefficient (Wildman–Crippen LogP) is 6.95. The van der Waals surface area contributed by atoms with Crippen LogP contribution in [0.1, 0.15) is 16.7 Å². The second kappa shape index (κ2) is 8.93. The molecule has 0 amide bonds. The number of para-hydroxylation sites is 2. The van der Waals surface area contributed by atoms with Crippen LogP contribution in [0.15, 0.2) is 103 Å². The summed E-state index contributed by atoms with van der Waals surface area (Å²) in [6.07, 6.45) is 5.41. The van der Waals surface area contributed by atoms with Gasteiger partial charge in [0.25, 0.3) is 0 Å². The van der Waals surface area contributed by atoms with Crippen molar-refractivity contribution in [2.45, 2.75) is 0 Å². The summed E-state index contributed by atoms with van der Waals surface area (Å²) in [5.41, 5.74) is 5.92. The highest BCUT2D eigenvalue weighted by Gasteiger charge is 2.10. The lowest BCUT2D eigenvalue weighted by molar-refractivity contribution is -0.132. The third-order valence-corrected chi connectivity index (χ3v) is 5.80. The molecule has 0 aliphatic rings. The fraction of sp³-hybridized carbons (Fsp3) is 0. The first-order chi connectivity index (χ1) is 16.6. The van der Waals surface area contributed by atoms with E-state index in [-0.39, 0.29) is 5.57 Å². The molecule has 34 heavy (non-hydrogen) atoms. The number of nitrogens with zero attached hydrogens (tertiary/aromatic N) is 2. The summed E-state index contributed by atoms with van der Waals surface area (Å²) in [6, 6.07) is 34.4. The maximum atomic E-state index is 11.0. The summed E-state index contributed by atoms with van der Waals surface area (Å²) in [6.45, 7) is 0. The van der Waals surface area contributed by atoms with Crippen LogP contribution in [0.3, 0.4) is 0 Å². The van der Waals surface area contributed by atoms with E-state index in [4.69, 9.17) is 10.4 Å². The van der Waals surface area contributed by atoms with Crippen LogP contribution < -0.4 is 0 Å². The summed E-state index contributed by atoms with van der Waals surface area (Å²) < 4.78 is 2.29. The minimum Gasteiger partial charge on any atom is -0.477 e. The molecule has 0 aliphatic carbocycles. The van der Waals surface area contributed by atoms with E-state index >= 15 is 0 Å². The van der Waals surface area contributed by atoms with E-state index in [1.165, 1.54) is 27.9 Å². The zero-order chi connectivity index (χ0) is 23.5. The Morgan fingerprint density at radius 3 is 1.68 bits per heavy atom. The third kappa shape index (κ3) is 3.99. The van der Waals surface area contributed by atoms with Crippen LogP contribution in [0.4, 0.5) is 0 Å². The van der Waals surface area contributed by atoms with Crippen LogP contribution in [0.5, 0.6) is 0 Å². The molecular weight excluding hydrogens is 420 g/mol. The summed E-state index contributed by atoms with van der Waals surface area (Å²) in [5.74, 6) is -1.23. The van der Waals surface area contributed by atoms with Gasteiger partial charge in [-0.3, -0.25) is 0 Å². The Bertz CT molecular complexity index is 1560. The van der Waals surface area contributed by atoms with Crippen molar-refractivity contribution in [1.29, 1.82) is 5.26 Å². The highest BCUT2D eigenvalue weighted by molar-refractivity contribution is 6.09. The Kier molecular flexibility index (Phi) is 5.51. The lowest BCUT2D eigenvalue weighted by Crippen LogP contribution is -1.97. The van der Waals surface area contributed by atoms with Crippen LogP contribution in [0.2, 0.25) is 0 Å². The van der Waals surface area contributed by atoms with Gasteiger partial charge in [-0.15, -0.1) is 0 Å². The molecular formula is C30H20N2O2. The minimum atomic E-state index is -1.23. The average molecular weight is 441 g/mol. The number of carboxylic acids is 1. The van der Waals surface area contributed by atoms with Crippen LogP contribution in [-0.2, 0) is 4.79 Å². The molecule has 1 heterocycles. The number of carbonyl (C=O) groups is 1. The topological polar surface area (TPSA) is 66.0 Å². The van der Waals surface area contributed by atoms with Gasteiger partial charge in [0.05, 0.1) is 11.0 Å². The molecule has 1 aromatic heterocycles. The SMILES string of the molecule is N#CC(=Cc1ccc(/C=C/c2ccc(-n3c4ccccc4c4ccccc43)cc2)cc1)C(=O)O. The van der Waals surface area contributed by atoms with Gasteiger partial charge in [-0.2, -0.15) is 5.26 Å². The summed E-state index contributed by atoms with van der Waals surface area (Å²) >= 11 is 0. The molecule has 4 heteroatoms. The molecule has 0 unspecified atom stereocenters. The number of hydrogen-bond acceptors (Lipinski definition) is 2. The Labute approximate surface area is 196 Å². The van der Waals surface area contributed by atoms with Crippen molar-refractivity contribution in [3.8, 4) is 11.8 Å². The van der Waals surface area contributed by atoms with E-state index in [1.54, 1.807) is 18.2 Å². The van der Waals surface area contributed by atoms with Crippen LogP contribution >= 0.6 is 0 Å². The normalized spacial score (nSPS) is 11.8. The molecule has 0 saturated carbocycles. The monoisotopic (exact) mass is 440 g/mol. The first kappa shape index (κ1) is 21.0. The Morgan fingerprint density at radius 2 is 1.18 bits per heavy atom. The Balaban J connectivity index is 1.41. The number of rotatable bonds is 5.